The summed E-state index contributed by atoms with van der Waals surface area (Å²) in [5.74, 6) is 0. The van der Waals surface area contributed by atoms with E-state index >= 15 is 0 Å². The number of hydrogen-bond acceptors (Lipinski definition) is 3. The lowest BCUT2D eigenvalue weighted by Gasteiger charge is -2.07. The molecule has 3 aromatic rings. The molecule has 0 atom stereocenters. The van der Waals surface area contributed by atoms with E-state index in [1.165, 1.54) is 0 Å². The number of pyridine rings is 1. The first kappa shape index (κ1) is 10.2. The summed E-state index contributed by atoms with van der Waals surface area (Å²) in [7, 11) is 1.79. The van der Waals surface area contributed by atoms with Crippen LogP contribution in [0, 0.1) is 0 Å². The number of fused-ring (bicyclic) bond motifs is 1. The van der Waals surface area contributed by atoms with Gasteiger partial charge in [0.25, 0.3) is 5.56 Å². The van der Waals surface area contributed by atoms with Crippen LogP contribution in [-0.2, 0) is 7.05 Å². The summed E-state index contributed by atoms with van der Waals surface area (Å²) in [6.07, 6.45) is 1.76. The molecule has 3 rings (SSSR count). The van der Waals surface area contributed by atoms with Crippen molar-refractivity contribution in [2.75, 3.05) is 0 Å². The lowest BCUT2D eigenvalue weighted by Crippen LogP contribution is -2.16. The van der Waals surface area contributed by atoms with Gasteiger partial charge in [-0.1, -0.05) is 18.2 Å². The van der Waals surface area contributed by atoms with E-state index in [1.807, 2.05) is 29.6 Å². The van der Waals surface area contributed by atoms with Crippen LogP contribution in [0.1, 0.15) is 0 Å². The summed E-state index contributed by atoms with van der Waals surface area (Å²) < 4.78 is 1.66. The molecule has 0 amide bonds. The number of rotatable bonds is 1. The number of benzene rings is 1. The fourth-order valence-electron chi connectivity index (χ4n) is 1.94. The predicted octanol–water partition coefficient (Wildman–Crippen LogP) is 2.66. The molecule has 1 aromatic carbocycles. The molecule has 0 bridgehead atoms. The zero-order chi connectivity index (χ0) is 11.8. The van der Waals surface area contributed by atoms with E-state index in [9.17, 15) is 4.79 Å². The summed E-state index contributed by atoms with van der Waals surface area (Å²) in [6.45, 7) is 0. The number of hydrogen-bond donors (Lipinski definition) is 0. The van der Waals surface area contributed by atoms with E-state index in [4.69, 9.17) is 0 Å². The minimum Gasteiger partial charge on any atom is -0.311 e. The maximum Gasteiger partial charge on any atom is 0.251 e. The quantitative estimate of drug-likeness (QED) is 0.657. The maximum atomic E-state index is 11.9. The zero-order valence-corrected chi connectivity index (χ0v) is 10.1. The molecular formula is C13H10N2OS. The van der Waals surface area contributed by atoms with Gasteiger partial charge >= 0.3 is 0 Å². The molecule has 84 valence electrons. The lowest BCUT2D eigenvalue weighted by atomic mass is 10.1. The van der Waals surface area contributed by atoms with Gasteiger partial charge in [-0.2, -0.15) is 0 Å². The summed E-state index contributed by atoms with van der Waals surface area (Å²) in [4.78, 5) is 16.2. The highest BCUT2D eigenvalue weighted by molar-refractivity contribution is 7.13. The molecule has 0 saturated carbocycles. The average molecular weight is 242 g/mol. The summed E-state index contributed by atoms with van der Waals surface area (Å²) in [6, 6.07) is 9.54. The Morgan fingerprint density at radius 1 is 1.29 bits per heavy atom. The minimum atomic E-state index is -0.00565. The third-order valence-corrected chi connectivity index (χ3v) is 3.62. The molecule has 0 saturated heterocycles. The van der Waals surface area contributed by atoms with Gasteiger partial charge in [0.05, 0.1) is 5.52 Å². The van der Waals surface area contributed by atoms with E-state index in [2.05, 4.69) is 4.98 Å². The van der Waals surface area contributed by atoms with Crippen molar-refractivity contribution in [1.29, 1.82) is 0 Å². The summed E-state index contributed by atoms with van der Waals surface area (Å²) in [5.41, 5.74) is 1.85. The third kappa shape index (κ3) is 1.57. The molecule has 0 N–H and O–H groups in total. The molecule has 0 aliphatic carbocycles. The van der Waals surface area contributed by atoms with Crippen molar-refractivity contribution in [2.24, 2.45) is 7.05 Å². The van der Waals surface area contributed by atoms with Crippen molar-refractivity contribution in [3.8, 4) is 10.6 Å². The van der Waals surface area contributed by atoms with Crippen LogP contribution in [0.25, 0.3) is 21.5 Å². The normalized spacial score (nSPS) is 10.9. The van der Waals surface area contributed by atoms with Gasteiger partial charge in [0.1, 0.15) is 5.01 Å². The van der Waals surface area contributed by atoms with Gasteiger partial charge in [-0.05, 0) is 6.07 Å². The second kappa shape index (κ2) is 3.82. The van der Waals surface area contributed by atoms with Crippen LogP contribution < -0.4 is 5.56 Å². The van der Waals surface area contributed by atoms with Crippen LogP contribution in [0.3, 0.4) is 0 Å². The van der Waals surface area contributed by atoms with Gasteiger partial charge in [-0.15, -0.1) is 11.3 Å². The highest BCUT2D eigenvalue weighted by Crippen LogP contribution is 2.27. The zero-order valence-electron chi connectivity index (χ0n) is 9.25. The molecule has 3 nitrogen and oxygen atoms in total. The monoisotopic (exact) mass is 242 g/mol. The molecule has 0 aliphatic rings. The molecular weight excluding hydrogens is 232 g/mol. The number of thiazole rings is 1. The molecule has 17 heavy (non-hydrogen) atoms. The second-order valence-electron chi connectivity index (χ2n) is 3.81. The van der Waals surface area contributed by atoms with Gasteiger partial charge in [0.2, 0.25) is 0 Å². The topological polar surface area (TPSA) is 34.9 Å². The molecule has 2 aromatic heterocycles. The number of aromatic nitrogens is 2. The fraction of sp³-hybridized carbons (Fsp3) is 0.0769. The summed E-state index contributed by atoms with van der Waals surface area (Å²) >= 11 is 1.55. The van der Waals surface area contributed by atoms with Crippen molar-refractivity contribution >= 4 is 22.2 Å². The average Bonchev–Trinajstić information content (AvgIpc) is 2.87. The van der Waals surface area contributed by atoms with Crippen LogP contribution in [0.2, 0.25) is 0 Å². The Morgan fingerprint density at radius 3 is 2.88 bits per heavy atom. The van der Waals surface area contributed by atoms with Crippen molar-refractivity contribution in [3.05, 3.63) is 52.3 Å². The molecule has 2 heterocycles. The number of aryl methyl sites for hydroxylation is 1. The highest BCUT2D eigenvalue weighted by atomic mass is 32.1. The Labute approximate surface area is 102 Å². The van der Waals surface area contributed by atoms with Crippen LogP contribution in [0.15, 0.2) is 46.7 Å². The van der Waals surface area contributed by atoms with Gasteiger partial charge in [-0.3, -0.25) is 4.79 Å². The third-order valence-electron chi connectivity index (χ3n) is 2.82. The molecule has 4 heteroatoms. The number of nitrogens with zero attached hydrogens (tertiary/aromatic N) is 2. The van der Waals surface area contributed by atoms with Gasteiger partial charge in [0.15, 0.2) is 0 Å². The van der Waals surface area contributed by atoms with Gasteiger partial charge < -0.3 is 4.57 Å². The smallest absolute Gasteiger partial charge is 0.251 e. The van der Waals surface area contributed by atoms with E-state index < -0.39 is 0 Å². The fourth-order valence-corrected chi connectivity index (χ4v) is 2.61. The molecule has 0 aliphatic heterocycles. The Morgan fingerprint density at radius 2 is 2.12 bits per heavy atom. The Balaban J connectivity index is 2.48. The maximum absolute atomic E-state index is 11.9. The van der Waals surface area contributed by atoms with Crippen molar-refractivity contribution in [2.45, 2.75) is 0 Å². The SMILES string of the molecule is Cn1c(=O)cc(-c2nccs2)c2ccccc21. The largest absolute Gasteiger partial charge is 0.311 e. The summed E-state index contributed by atoms with van der Waals surface area (Å²) in [5, 5.41) is 3.87. The molecule has 0 radical (unpaired) electrons. The second-order valence-corrected chi connectivity index (χ2v) is 4.70. The van der Waals surface area contributed by atoms with E-state index in [-0.39, 0.29) is 5.56 Å². The Bertz CT molecular complexity index is 729. The molecule has 0 spiro atoms. The first-order chi connectivity index (χ1) is 8.27. The molecule has 0 fully saturated rings. The van der Waals surface area contributed by atoms with E-state index in [0.29, 0.717) is 0 Å². The Kier molecular flexibility index (Phi) is 2.30. The standard InChI is InChI=1S/C13H10N2OS/c1-15-11-5-3-2-4-9(11)10(8-12(15)16)13-14-6-7-17-13/h2-8H,1H3. The van der Waals surface area contributed by atoms with Crippen LogP contribution in [-0.4, -0.2) is 9.55 Å². The molecule has 0 unspecified atom stereocenters. The van der Waals surface area contributed by atoms with E-state index in [0.717, 1.165) is 21.5 Å². The Hall–Kier alpha value is -1.94. The van der Waals surface area contributed by atoms with Crippen molar-refractivity contribution in [3.63, 3.8) is 0 Å². The predicted molar refractivity (Wildman–Crippen MR) is 70.3 cm³/mol. The minimum absolute atomic E-state index is 0.00565. The number of para-hydroxylation sites is 1. The van der Waals surface area contributed by atoms with Crippen LogP contribution in [0.4, 0.5) is 0 Å². The van der Waals surface area contributed by atoms with Gasteiger partial charge in [-0.25, -0.2) is 4.98 Å². The van der Waals surface area contributed by atoms with E-state index in [1.54, 1.807) is 35.2 Å². The lowest BCUT2D eigenvalue weighted by molar-refractivity contribution is 0.907. The van der Waals surface area contributed by atoms with Crippen LogP contribution >= 0.6 is 11.3 Å². The van der Waals surface area contributed by atoms with Crippen molar-refractivity contribution < 1.29 is 0 Å². The van der Waals surface area contributed by atoms with Gasteiger partial charge in [0, 0.05) is 35.6 Å². The van der Waals surface area contributed by atoms with Crippen LogP contribution in [0.5, 0.6) is 0 Å². The highest BCUT2D eigenvalue weighted by Gasteiger charge is 2.09. The first-order valence-corrected chi connectivity index (χ1v) is 6.14. The first-order valence-electron chi connectivity index (χ1n) is 5.26. The van der Waals surface area contributed by atoms with Crippen molar-refractivity contribution in [1.82, 2.24) is 9.55 Å².